The maximum atomic E-state index is 10.7. The highest BCUT2D eigenvalue weighted by atomic mass is 32.2. The molecule has 2 N–H and O–H groups in total. The highest BCUT2D eigenvalue weighted by Crippen LogP contribution is 2.32. The molecule has 6 heteroatoms. The Morgan fingerprint density at radius 2 is 1.81 bits per heavy atom. The molecular formula is C10H10O5S. The number of hydrogen-bond donors (Lipinski definition) is 2. The Hall–Kier alpha value is -1.69. The molecule has 0 aliphatic carbocycles. The Kier molecular flexibility index (Phi) is 4.19. The summed E-state index contributed by atoms with van der Waals surface area (Å²) >= 11 is 0.732. The van der Waals surface area contributed by atoms with Gasteiger partial charge in [-0.1, -0.05) is 23.9 Å². The van der Waals surface area contributed by atoms with Gasteiger partial charge in [-0.2, -0.15) is 0 Å². The van der Waals surface area contributed by atoms with Crippen molar-refractivity contribution in [2.24, 2.45) is 0 Å². The topological polar surface area (TPSA) is 83.8 Å². The number of methoxy groups -OCH3 is 1. The molecule has 0 fully saturated rings. The van der Waals surface area contributed by atoms with Crippen molar-refractivity contribution in [2.75, 3.05) is 7.11 Å². The number of benzene rings is 1. The molecule has 0 saturated heterocycles. The van der Waals surface area contributed by atoms with Gasteiger partial charge in [0.2, 0.25) is 5.25 Å². The van der Waals surface area contributed by atoms with Crippen LogP contribution in [0.15, 0.2) is 29.2 Å². The fourth-order valence-electron chi connectivity index (χ4n) is 1.05. The van der Waals surface area contributed by atoms with Crippen molar-refractivity contribution in [1.82, 2.24) is 0 Å². The van der Waals surface area contributed by atoms with Crippen LogP contribution in [0.5, 0.6) is 5.75 Å². The zero-order valence-corrected chi connectivity index (χ0v) is 9.23. The standard InChI is InChI=1S/C10H10O5S/c1-15-6-4-2-3-5-7(6)16-8(9(11)12)10(13)14/h2-5,8H,1H3,(H,11,12)(H,13,14). The monoisotopic (exact) mass is 242 g/mol. The van der Waals surface area contributed by atoms with E-state index in [0.717, 1.165) is 11.8 Å². The number of ether oxygens (including phenoxy) is 1. The maximum absolute atomic E-state index is 10.7. The lowest BCUT2D eigenvalue weighted by molar-refractivity contribution is -0.146. The molecule has 0 aliphatic rings. The maximum Gasteiger partial charge on any atom is 0.328 e. The molecule has 16 heavy (non-hydrogen) atoms. The molecule has 0 heterocycles. The largest absolute Gasteiger partial charge is 0.496 e. The average Bonchev–Trinajstić information content (AvgIpc) is 2.25. The minimum absolute atomic E-state index is 0.458. The molecule has 0 unspecified atom stereocenters. The van der Waals surface area contributed by atoms with E-state index in [2.05, 4.69) is 0 Å². The zero-order valence-electron chi connectivity index (χ0n) is 8.41. The van der Waals surface area contributed by atoms with E-state index in [1.165, 1.54) is 7.11 Å². The number of carboxylic acid groups (broad SMARTS) is 2. The van der Waals surface area contributed by atoms with Crippen LogP contribution in [0.2, 0.25) is 0 Å². The first-order valence-corrected chi connectivity index (χ1v) is 5.19. The normalized spacial score (nSPS) is 10.1. The van der Waals surface area contributed by atoms with E-state index in [9.17, 15) is 9.59 Å². The first kappa shape index (κ1) is 12.4. The van der Waals surface area contributed by atoms with Gasteiger partial charge in [0.05, 0.1) is 12.0 Å². The fourth-order valence-corrected chi connectivity index (χ4v) is 1.93. The summed E-state index contributed by atoms with van der Waals surface area (Å²) in [7, 11) is 1.44. The Labute approximate surface area is 96.0 Å². The SMILES string of the molecule is COc1ccccc1SC(C(=O)O)C(=O)O. The molecule has 0 bridgehead atoms. The van der Waals surface area contributed by atoms with Gasteiger partial charge < -0.3 is 14.9 Å². The van der Waals surface area contributed by atoms with Crippen LogP contribution in [0.3, 0.4) is 0 Å². The molecule has 0 amide bonds. The lowest BCUT2D eigenvalue weighted by Crippen LogP contribution is -2.26. The number of rotatable bonds is 5. The van der Waals surface area contributed by atoms with E-state index in [-0.39, 0.29) is 0 Å². The molecule has 1 aromatic rings. The van der Waals surface area contributed by atoms with Gasteiger partial charge in [0.25, 0.3) is 0 Å². The molecule has 0 atom stereocenters. The van der Waals surface area contributed by atoms with Crippen LogP contribution in [0.1, 0.15) is 0 Å². The van der Waals surface area contributed by atoms with Crippen molar-refractivity contribution in [2.45, 2.75) is 10.1 Å². The molecule has 86 valence electrons. The fraction of sp³-hybridized carbons (Fsp3) is 0.200. The summed E-state index contributed by atoms with van der Waals surface area (Å²) in [5.74, 6) is -2.31. The predicted molar refractivity (Wildman–Crippen MR) is 57.9 cm³/mol. The van der Waals surface area contributed by atoms with Crippen molar-refractivity contribution in [1.29, 1.82) is 0 Å². The van der Waals surface area contributed by atoms with Gasteiger partial charge >= 0.3 is 11.9 Å². The number of para-hydroxylation sites is 1. The number of aliphatic carboxylic acids is 2. The molecule has 0 aliphatic heterocycles. The Bertz CT molecular complexity index is 390. The number of hydrogen-bond acceptors (Lipinski definition) is 4. The van der Waals surface area contributed by atoms with Crippen molar-refractivity contribution in [3.05, 3.63) is 24.3 Å². The molecule has 0 spiro atoms. The predicted octanol–water partition coefficient (Wildman–Crippen LogP) is 1.33. The molecule has 1 rings (SSSR count). The summed E-state index contributed by atoms with van der Waals surface area (Å²) in [6, 6.07) is 6.66. The van der Waals surface area contributed by atoms with Crippen molar-refractivity contribution >= 4 is 23.7 Å². The lowest BCUT2D eigenvalue weighted by atomic mass is 10.3. The number of carbonyl (C=O) groups is 2. The quantitative estimate of drug-likeness (QED) is 0.598. The van der Waals surface area contributed by atoms with Gasteiger partial charge in [0.15, 0.2) is 0 Å². The average molecular weight is 242 g/mol. The smallest absolute Gasteiger partial charge is 0.328 e. The van der Waals surface area contributed by atoms with Gasteiger partial charge in [-0.15, -0.1) is 0 Å². The van der Waals surface area contributed by atoms with E-state index in [1.54, 1.807) is 24.3 Å². The zero-order chi connectivity index (χ0) is 12.1. The molecule has 5 nitrogen and oxygen atoms in total. The van der Waals surface area contributed by atoms with E-state index in [0.29, 0.717) is 10.6 Å². The summed E-state index contributed by atoms with van der Waals surface area (Å²) in [6.45, 7) is 0. The van der Waals surface area contributed by atoms with E-state index >= 15 is 0 Å². The van der Waals surface area contributed by atoms with Crippen LogP contribution in [0.4, 0.5) is 0 Å². The van der Waals surface area contributed by atoms with Crippen molar-refractivity contribution < 1.29 is 24.5 Å². The molecule has 0 radical (unpaired) electrons. The molecule has 0 aromatic heterocycles. The minimum atomic E-state index is -1.53. The number of carboxylic acids is 2. The summed E-state index contributed by atoms with van der Waals surface area (Å²) in [5.41, 5.74) is 0. The van der Waals surface area contributed by atoms with Crippen LogP contribution < -0.4 is 4.74 Å². The Morgan fingerprint density at radius 3 is 2.31 bits per heavy atom. The highest BCUT2D eigenvalue weighted by molar-refractivity contribution is 8.01. The minimum Gasteiger partial charge on any atom is -0.496 e. The van der Waals surface area contributed by atoms with E-state index in [1.807, 2.05) is 0 Å². The van der Waals surface area contributed by atoms with Gasteiger partial charge in [0.1, 0.15) is 5.75 Å². The second-order valence-corrected chi connectivity index (χ2v) is 3.97. The first-order chi connectivity index (χ1) is 7.56. The van der Waals surface area contributed by atoms with Gasteiger partial charge in [-0.3, -0.25) is 9.59 Å². The first-order valence-electron chi connectivity index (χ1n) is 4.31. The molecule has 1 aromatic carbocycles. The third-order valence-corrected chi connectivity index (χ3v) is 2.99. The summed E-state index contributed by atoms with van der Waals surface area (Å²) in [5, 5.41) is 15.9. The second-order valence-electron chi connectivity index (χ2n) is 2.83. The third kappa shape index (κ3) is 2.90. The van der Waals surface area contributed by atoms with Gasteiger partial charge in [0, 0.05) is 0 Å². The summed E-state index contributed by atoms with van der Waals surface area (Å²) < 4.78 is 5.00. The Balaban J connectivity index is 2.93. The summed E-state index contributed by atoms with van der Waals surface area (Å²) in [4.78, 5) is 21.9. The van der Waals surface area contributed by atoms with Crippen LogP contribution in [-0.2, 0) is 9.59 Å². The second kappa shape index (κ2) is 5.41. The third-order valence-electron chi connectivity index (χ3n) is 1.76. The van der Waals surface area contributed by atoms with Gasteiger partial charge in [-0.05, 0) is 12.1 Å². The molecular weight excluding hydrogens is 232 g/mol. The lowest BCUT2D eigenvalue weighted by Gasteiger charge is -2.10. The highest BCUT2D eigenvalue weighted by Gasteiger charge is 2.27. The van der Waals surface area contributed by atoms with Crippen LogP contribution in [0, 0.1) is 0 Å². The Morgan fingerprint density at radius 1 is 1.25 bits per heavy atom. The van der Waals surface area contributed by atoms with Crippen molar-refractivity contribution in [3.63, 3.8) is 0 Å². The van der Waals surface area contributed by atoms with Crippen LogP contribution >= 0.6 is 11.8 Å². The summed E-state index contributed by atoms with van der Waals surface area (Å²) in [6.07, 6.45) is 0. The van der Waals surface area contributed by atoms with Crippen molar-refractivity contribution in [3.8, 4) is 5.75 Å². The van der Waals surface area contributed by atoms with Crippen LogP contribution in [-0.4, -0.2) is 34.5 Å². The molecule has 0 saturated carbocycles. The van der Waals surface area contributed by atoms with E-state index in [4.69, 9.17) is 14.9 Å². The van der Waals surface area contributed by atoms with Crippen LogP contribution in [0.25, 0.3) is 0 Å². The van der Waals surface area contributed by atoms with Gasteiger partial charge in [-0.25, -0.2) is 0 Å². The van der Waals surface area contributed by atoms with E-state index < -0.39 is 17.2 Å². The number of thioether (sulfide) groups is 1.